The Morgan fingerprint density at radius 3 is 2.38 bits per heavy atom. The molecule has 0 aromatic heterocycles. The van der Waals surface area contributed by atoms with Gasteiger partial charge in [-0.05, 0) is 6.92 Å². The normalized spacial score (nSPS) is 16.8. The van der Waals surface area contributed by atoms with Gasteiger partial charge in [-0.25, -0.2) is 8.42 Å². The van der Waals surface area contributed by atoms with E-state index in [4.69, 9.17) is 0 Å². The predicted molar refractivity (Wildman–Crippen MR) is 56.1 cm³/mol. The predicted octanol–water partition coefficient (Wildman–Crippen LogP) is -0.612. The highest BCUT2D eigenvalue weighted by Crippen LogP contribution is 1.89. The molecule has 0 aliphatic carbocycles. The van der Waals surface area contributed by atoms with Crippen molar-refractivity contribution in [2.75, 3.05) is 31.4 Å². The SMILES string of the molecule is CC(CNCCS(C)(=O)=O)S(C)=O. The summed E-state index contributed by atoms with van der Waals surface area (Å²) in [4.78, 5) is 0. The van der Waals surface area contributed by atoms with Crippen molar-refractivity contribution in [3.8, 4) is 0 Å². The number of hydrogen-bond acceptors (Lipinski definition) is 4. The molecule has 13 heavy (non-hydrogen) atoms. The molecule has 0 fully saturated rings. The van der Waals surface area contributed by atoms with Crippen LogP contribution in [-0.2, 0) is 20.6 Å². The summed E-state index contributed by atoms with van der Waals surface area (Å²) in [6.07, 6.45) is 2.85. The second-order valence-electron chi connectivity index (χ2n) is 3.14. The van der Waals surface area contributed by atoms with Gasteiger partial charge in [-0.1, -0.05) is 0 Å². The van der Waals surface area contributed by atoms with E-state index in [-0.39, 0.29) is 11.0 Å². The Bertz CT molecular complexity index is 261. The maximum atomic E-state index is 10.9. The van der Waals surface area contributed by atoms with Crippen LogP contribution in [0.5, 0.6) is 0 Å². The largest absolute Gasteiger partial charge is 0.315 e. The molecule has 0 amide bonds. The van der Waals surface area contributed by atoms with E-state index in [0.717, 1.165) is 0 Å². The van der Waals surface area contributed by atoms with Crippen LogP contribution in [0.1, 0.15) is 6.92 Å². The highest BCUT2D eigenvalue weighted by molar-refractivity contribution is 7.90. The van der Waals surface area contributed by atoms with Crippen molar-refractivity contribution in [1.29, 1.82) is 0 Å². The van der Waals surface area contributed by atoms with Gasteiger partial charge in [0.1, 0.15) is 9.84 Å². The van der Waals surface area contributed by atoms with E-state index >= 15 is 0 Å². The third kappa shape index (κ3) is 8.39. The Morgan fingerprint density at radius 1 is 1.46 bits per heavy atom. The summed E-state index contributed by atoms with van der Waals surface area (Å²) in [6, 6.07) is 0. The fourth-order valence-corrected chi connectivity index (χ4v) is 1.55. The van der Waals surface area contributed by atoms with E-state index in [1.807, 2.05) is 6.92 Å². The first-order chi connectivity index (χ1) is 5.83. The second-order valence-corrected chi connectivity index (χ2v) is 7.20. The molecule has 0 spiro atoms. The van der Waals surface area contributed by atoms with Gasteiger partial charge >= 0.3 is 0 Å². The topological polar surface area (TPSA) is 63.2 Å². The minimum absolute atomic E-state index is 0.0690. The number of nitrogens with one attached hydrogen (secondary N) is 1. The third-order valence-electron chi connectivity index (χ3n) is 1.65. The first-order valence-corrected chi connectivity index (χ1v) is 7.72. The van der Waals surface area contributed by atoms with E-state index in [1.54, 1.807) is 6.26 Å². The molecule has 0 aromatic rings. The minimum atomic E-state index is -2.88. The van der Waals surface area contributed by atoms with E-state index in [9.17, 15) is 12.6 Å². The van der Waals surface area contributed by atoms with Crippen LogP contribution >= 0.6 is 0 Å². The molecule has 0 rings (SSSR count). The smallest absolute Gasteiger partial charge is 0.148 e. The molecule has 0 aliphatic heterocycles. The van der Waals surface area contributed by atoms with Gasteiger partial charge in [-0.3, -0.25) is 4.21 Å². The van der Waals surface area contributed by atoms with Gasteiger partial charge in [0.05, 0.1) is 5.75 Å². The van der Waals surface area contributed by atoms with Crippen molar-refractivity contribution in [3.63, 3.8) is 0 Å². The summed E-state index contributed by atoms with van der Waals surface area (Å²) >= 11 is 0. The van der Waals surface area contributed by atoms with Crippen LogP contribution in [-0.4, -0.2) is 49.2 Å². The lowest BCUT2D eigenvalue weighted by Crippen LogP contribution is -2.31. The lowest BCUT2D eigenvalue weighted by atomic mass is 10.5. The van der Waals surface area contributed by atoms with E-state index in [1.165, 1.54) is 6.26 Å². The zero-order valence-electron chi connectivity index (χ0n) is 8.24. The van der Waals surface area contributed by atoms with Crippen LogP contribution in [0, 0.1) is 0 Å². The Morgan fingerprint density at radius 2 is 2.00 bits per heavy atom. The van der Waals surface area contributed by atoms with Crippen molar-refractivity contribution in [1.82, 2.24) is 5.32 Å². The number of hydrogen-bond donors (Lipinski definition) is 1. The molecule has 80 valence electrons. The maximum Gasteiger partial charge on any atom is 0.148 e. The molecule has 0 saturated carbocycles. The standard InChI is InChI=1S/C7H17NO3S2/c1-7(12(2)9)6-8-4-5-13(3,10)11/h7-8H,4-6H2,1-3H3. The quantitative estimate of drug-likeness (QED) is 0.615. The zero-order valence-corrected chi connectivity index (χ0v) is 9.87. The molecule has 0 heterocycles. The van der Waals surface area contributed by atoms with Crippen LogP contribution in [0.25, 0.3) is 0 Å². The average Bonchev–Trinajstić information content (AvgIpc) is 1.95. The van der Waals surface area contributed by atoms with Crippen LogP contribution in [0.15, 0.2) is 0 Å². The van der Waals surface area contributed by atoms with Crippen molar-refractivity contribution >= 4 is 20.6 Å². The van der Waals surface area contributed by atoms with Crippen molar-refractivity contribution in [2.24, 2.45) is 0 Å². The van der Waals surface area contributed by atoms with Gasteiger partial charge in [-0.15, -0.1) is 0 Å². The Kier molecular flexibility index (Phi) is 5.75. The van der Waals surface area contributed by atoms with Crippen LogP contribution in [0.2, 0.25) is 0 Å². The highest BCUT2D eigenvalue weighted by atomic mass is 32.2. The first kappa shape index (κ1) is 13.1. The molecule has 0 aromatic carbocycles. The third-order valence-corrected chi connectivity index (χ3v) is 3.89. The molecule has 2 atom stereocenters. The summed E-state index contributed by atoms with van der Waals surface area (Å²) in [7, 11) is -3.73. The fourth-order valence-electron chi connectivity index (χ4n) is 0.680. The van der Waals surface area contributed by atoms with E-state index < -0.39 is 20.6 Å². The lowest BCUT2D eigenvalue weighted by molar-refractivity contribution is 0.596. The zero-order chi connectivity index (χ0) is 10.5. The molecule has 0 radical (unpaired) electrons. The molecule has 0 saturated heterocycles. The molecule has 4 nitrogen and oxygen atoms in total. The van der Waals surface area contributed by atoms with E-state index in [0.29, 0.717) is 13.1 Å². The van der Waals surface area contributed by atoms with E-state index in [2.05, 4.69) is 5.32 Å². The van der Waals surface area contributed by atoms with Crippen molar-refractivity contribution < 1.29 is 12.6 Å². The summed E-state index contributed by atoms with van der Waals surface area (Å²) in [5, 5.41) is 3.02. The summed E-state index contributed by atoms with van der Waals surface area (Å²) in [5.74, 6) is 0.135. The molecular weight excluding hydrogens is 210 g/mol. The highest BCUT2D eigenvalue weighted by Gasteiger charge is 2.06. The molecule has 6 heteroatoms. The Labute approximate surface area is 82.5 Å². The second kappa shape index (κ2) is 5.72. The van der Waals surface area contributed by atoms with Gasteiger partial charge in [0.25, 0.3) is 0 Å². The molecule has 2 unspecified atom stereocenters. The molecule has 1 N–H and O–H groups in total. The van der Waals surface area contributed by atoms with Crippen LogP contribution in [0.4, 0.5) is 0 Å². The Balaban J connectivity index is 3.53. The van der Waals surface area contributed by atoms with Gasteiger partial charge in [0.2, 0.25) is 0 Å². The Hall–Kier alpha value is 0.0600. The summed E-state index contributed by atoms with van der Waals surface area (Å²) in [5.41, 5.74) is 0. The van der Waals surface area contributed by atoms with Gasteiger partial charge in [-0.2, -0.15) is 0 Å². The van der Waals surface area contributed by atoms with Gasteiger partial charge in [0, 0.05) is 41.7 Å². The van der Waals surface area contributed by atoms with Crippen LogP contribution < -0.4 is 5.32 Å². The minimum Gasteiger partial charge on any atom is -0.315 e. The average molecular weight is 227 g/mol. The van der Waals surface area contributed by atoms with Crippen molar-refractivity contribution in [3.05, 3.63) is 0 Å². The molecule has 0 aliphatic rings. The lowest BCUT2D eigenvalue weighted by Gasteiger charge is -2.08. The number of rotatable bonds is 6. The molecular formula is C7H17NO3S2. The van der Waals surface area contributed by atoms with Crippen LogP contribution in [0.3, 0.4) is 0 Å². The maximum absolute atomic E-state index is 10.9. The fraction of sp³-hybridized carbons (Fsp3) is 1.00. The molecule has 0 bridgehead atoms. The van der Waals surface area contributed by atoms with Gasteiger partial charge < -0.3 is 5.32 Å². The summed E-state index contributed by atoms with van der Waals surface area (Å²) in [6.45, 7) is 2.89. The first-order valence-electron chi connectivity index (χ1n) is 4.03. The number of sulfone groups is 1. The monoisotopic (exact) mass is 227 g/mol. The van der Waals surface area contributed by atoms with Crippen molar-refractivity contribution in [2.45, 2.75) is 12.2 Å². The van der Waals surface area contributed by atoms with Gasteiger partial charge in [0.15, 0.2) is 0 Å². The summed E-state index contributed by atoms with van der Waals surface area (Å²) < 4.78 is 32.3.